The van der Waals surface area contributed by atoms with Gasteiger partial charge in [-0.2, -0.15) is 0 Å². The molecule has 1 atom stereocenters. The molecule has 1 heterocycles. The third-order valence-corrected chi connectivity index (χ3v) is 3.46. The molecule has 1 fully saturated rings. The zero-order chi connectivity index (χ0) is 13.8. The van der Waals surface area contributed by atoms with Gasteiger partial charge in [-0.05, 0) is 51.0 Å². The van der Waals surface area contributed by atoms with Gasteiger partial charge in [0.25, 0.3) is 0 Å². The third-order valence-electron chi connectivity index (χ3n) is 3.46. The minimum atomic E-state index is -0.235. The van der Waals surface area contributed by atoms with Crippen LogP contribution >= 0.6 is 0 Å². The van der Waals surface area contributed by atoms with Crippen LogP contribution in [0.2, 0.25) is 0 Å². The number of carbonyl (C=O) groups is 2. The van der Waals surface area contributed by atoms with Crippen molar-refractivity contribution >= 4 is 17.4 Å². The van der Waals surface area contributed by atoms with Gasteiger partial charge in [0.05, 0.1) is 0 Å². The van der Waals surface area contributed by atoms with Crippen molar-refractivity contribution in [2.75, 3.05) is 18.4 Å². The van der Waals surface area contributed by atoms with Crippen LogP contribution in [0.3, 0.4) is 0 Å². The van der Waals surface area contributed by atoms with Crippen molar-refractivity contribution in [2.45, 2.75) is 32.7 Å². The number of amides is 1. The van der Waals surface area contributed by atoms with Crippen molar-refractivity contribution in [2.24, 2.45) is 0 Å². The molecule has 1 aromatic rings. The number of likely N-dealkylation sites (tertiary alicyclic amines) is 1. The molecule has 1 N–H and O–H groups in total. The van der Waals surface area contributed by atoms with E-state index in [0.717, 1.165) is 31.6 Å². The van der Waals surface area contributed by atoms with Gasteiger partial charge in [-0.1, -0.05) is 0 Å². The fourth-order valence-corrected chi connectivity index (χ4v) is 2.32. The van der Waals surface area contributed by atoms with Crippen molar-refractivity contribution in [1.29, 1.82) is 0 Å². The highest BCUT2D eigenvalue weighted by atomic mass is 16.2. The van der Waals surface area contributed by atoms with Gasteiger partial charge in [0.15, 0.2) is 5.78 Å². The summed E-state index contributed by atoms with van der Waals surface area (Å²) in [6, 6.07) is 6.99. The number of carbonyl (C=O) groups excluding carboxylic acids is 2. The van der Waals surface area contributed by atoms with Crippen LogP contribution in [0, 0.1) is 0 Å². The molecule has 0 aromatic heterocycles. The molecular weight excluding hydrogens is 240 g/mol. The van der Waals surface area contributed by atoms with Crippen molar-refractivity contribution in [1.82, 2.24) is 4.90 Å². The van der Waals surface area contributed by atoms with Crippen LogP contribution in [0.25, 0.3) is 0 Å². The maximum absolute atomic E-state index is 12.1. The minimum absolute atomic E-state index is 0.0488. The Morgan fingerprint density at radius 3 is 2.26 bits per heavy atom. The molecule has 4 heteroatoms. The molecule has 0 saturated carbocycles. The highest BCUT2D eigenvalue weighted by Gasteiger charge is 2.22. The standard InChI is InChI=1S/C15H20N2O2/c1-11(15(19)17-9-3-4-10-17)16-14-7-5-13(6-8-14)12(2)18/h5-8,11,16H,3-4,9-10H2,1-2H3. The maximum atomic E-state index is 12.1. The minimum Gasteiger partial charge on any atom is -0.374 e. The van der Waals surface area contributed by atoms with Crippen LogP contribution in [0.1, 0.15) is 37.0 Å². The van der Waals surface area contributed by atoms with Gasteiger partial charge in [-0.25, -0.2) is 0 Å². The molecule has 0 bridgehead atoms. The summed E-state index contributed by atoms with van der Waals surface area (Å²) >= 11 is 0. The number of rotatable bonds is 4. The van der Waals surface area contributed by atoms with Gasteiger partial charge in [-0.15, -0.1) is 0 Å². The molecule has 0 spiro atoms. The second-order valence-corrected chi connectivity index (χ2v) is 5.03. The lowest BCUT2D eigenvalue weighted by Crippen LogP contribution is -2.39. The fourth-order valence-electron chi connectivity index (χ4n) is 2.32. The van der Waals surface area contributed by atoms with Crippen molar-refractivity contribution < 1.29 is 9.59 Å². The van der Waals surface area contributed by atoms with E-state index in [1.165, 1.54) is 0 Å². The number of nitrogens with one attached hydrogen (secondary N) is 1. The van der Waals surface area contributed by atoms with Crippen molar-refractivity contribution in [3.8, 4) is 0 Å². The number of hydrogen-bond acceptors (Lipinski definition) is 3. The number of anilines is 1. The number of Topliss-reactive ketones (excluding diaryl/α,β-unsaturated/α-hetero) is 1. The van der Waals surface area contributed by atoms with Crippen molar-refractivity contribution in [3.05, 3.63) is 29.8 Å². The second kappa shape index (κ2) is 5.87. The van der Waals surface area contributed by atoms with Crippen molar-refractivity contribution in [3.63, 3.8) is 0 Å². The molecule has 2 rings (SSSR count). The molecular formula is C15H20N2O2. The van der Waals surface area contributed by atoms with Gasteiger partial charge in [0.2, 0.25) is 5.91 Å². The van der Waals surface area contributed by atoms with Gasteiger partial charge in [0, 0.05) is 24.3 Å². The first-order valence-corrected chi connectivity index (χ1v) is 6.74. The molecule has 1 aliphatic heterocycles. The molecule has 1 saturated heterocycles. The first kappa shape index (κ1) is 13.6. The lowest BCUT2D eigenvalue weighted by molar-refractivity contribution is -0.130. The molecule has 1 aliphatic rings. The first-order chi connectivity index (χ1) is 9.08. The Hall–Kier alpha value is -1.84. The van der Waals surface area contributed by atoms with Crippen LogP contribution in [0.5, 0.6) is 0 Å². The van der Waals surface area contributed by atoms with E-state index in [2.05, 4.69) is 5.32 Å². The molecule has 0 radical (unpaired) electrons. The van der Waals surface area contributed by atoms with Gasteiger partial charge in [-0.3, -0.25) is 9.59 Å². The summed E-state index contributed by atoms with van der Waals surface area (Å²) in [5, 5.41) is 3.18. The summed E-state index contributed by atoms with van der Waals surface area (Å²) in [6.07, 6.45) is 2.21. The van der Waals surface area contributed by atoms with E-state index < -0.39 is 0 Å². The summed E-state index contributed by atoms with van der Waals surface area (Å²) in [7, 11) is 0. The fraction of sp³-hybridized carbons (Fsp3) is 0.467. The Labute approximate surface area is 113 Å². The molecule has 1 unspecified atom stereocenters. The Kier molecular flexibility index (Phi) is 4.20. The van der Waals surface area contributed by atoms with Crippen LogP contribution < -0.4 is 5.32 Å². The van der Waals surface area contributed by atoms with Gasteiger partial charge in [0.1, 0.15) is 6.04 Å². The lowest BCUT2D eigenvalue weighted by Gasteiger charge is -2.21. The zero-order valence-electron chi connectivity index (χ0n) is 11.5. The van der Waals surface area contributed by atoms with Crippen LogP contribution in [0.4, 0.5) is 5.69 Å². The molecule has 4 nitrogen and oxygen atoms in total. The first-order valence-electron chi connectivity index (χ1n) is 6.74. The largest absolute Gasteiger partial charge is 0.374 e. The van der Waals surface area contributed by atoms with E-state index in [9.17, 15) is 9.59 Å². The SMILES string of the molecule is CC(=O)c1ccc(NC(C)C(=O)N2CCCC2)cc1. The van der Waals surface area contributed by atoms with Crippen LogP contribution in [-0.4, -0.2) is 35.7 Å². The topological polar surface area (TPSA) is 49.4 Å². The summed E-state index contributed by atoms with van der Waals surface area (Å²) in [5.74, 6) is 0.195. The van der Waals surface area contributed by atoms with E-state index >= 15 is 0 Å². The normalized spacial score (nSPS) is 16.2. The number of nitrogens with zero attached hydrogens (tertiary/aromatic N) is 1. The average Bonchev–Trinajstić information content (AvgIpc) is 2.92. The Morgan fingerprint density at radius 2 is 1.74 bits per heavy atom. The second-order valence-electron chi connectivity index (χ2n) is 5.03. The summed E-state index contributed by atoms with van der Waals surface area (Å²) < 4.78 is 0. The Bertz CT molecular complexity index is 462. The predicted molar refractivity (Wildman–Crippen MR) is 75.3 cm³/mol. The maximum Gasteiger partial charge on any atom is 0.244 e. The molecule has 1 aromatic carbocycles. The van der Waals surface area contributed by atoms with E-state index in [4.69, 9.17) is 0 Å². The molecule has 1 amide bonds. The van der Waals surface area contributed by atoms with E-state index in [-0.39, 0.29) is 17.7 Å². The highest BCUT2D eigenvalue weighted by molar-refractivity contribution is 5.94. The van der Waals surface area contributed by atoms with Gasteiger partial charge >= 0.3 is 0 Å². The molecule has 0 aliphatic carbocycles. The zero-order valence-corrected chi connectivity index (χ0v) is 11.5. The Morgan fingerprint density at radius 1 is 1.16 bits per heavy atom. The number of hydrogen-bond donors (Lipinski definition) is 1. The quantitative estimate of drug-likeness (QED) is 0.845. The number of ketones is 1. The molecule has 19 heavy (non-hydrogen) atoms. The lowest BCUT2D eigenvalue weighted by atomic mass is 10.1. The Balaban J connectivity index is 1.96. The summed E-state index contributed by atoms with van der Waals surface area (Å²) in [5.41, 5.74) is 1.55. The molecule has 102 valence electrons. The number of benzene rings is 1. The van der Waals surface area contributed by atoms with E-state index in [0.29, 0.717) is 5.56 Å². The van der Waals surface area contributed by atoms with Crippen LogP contribution in [-0.2, 0) is 4.79 Å². The smallest absolute Gasteiger partial charge is 0.244 e. The monoisotopic (exact) mass is 260 g/mol. The predicted octanol–water partition coefficient (Wildman–Crippen LogP) is 2.31. The van der Waals surface area contributed by atoms with Crippen LogP contribution in [0.15, 0.2) is 24.3 Å². The summed E-state index contributed by atoms with van der Waals surface area (Å²) in [4.78, 5) is 25.2. The third kappa shape index (κ3) is 3.34. The highest BCUT2D eigenvalue weighted by Crippen LogP contribution is 2.14. The van der Waals surface area contributed by atoms with E-state index in [1.54, 1.807) is 19.1 Å². The van der Waals surface area contributed by atoms with Gasteiger partial charge < -0.3 is 10.2 Å². The summed E-state index contributed by atoms with van der Waals surface area (Å²) in [6.45, 7) is 5.16. The van der Waals surface area contributed by atoms with E-state index in [1.807, 2.05) is 24.0 Å². The average molecular weight is 260 g/mol.